The molecule has 1 amide bonds. The lowest BCUT2D eigenvalue weighted by atomic mass is 10.1. The van der Waals surface area contributed by atoms with Crippen molar-refractivity contribution in [3.63, 3.8) is 0 Å². The third-order valence-corrected chi connectivity index (χ3v) is 3.55. The van der Waals surface area contributed by atoms with Crippen LogP contribution in [0.1, 0.15) is 52.4 Å². The van der Waals surface area contributed by atoms with Crippen LogP contribution in [0.4, 0.5) is 0 Å². The van der Waals surface area contributed by atoms with Gasteiger partial charge >= 0.3 is 0 Å². The molecule has 0 heterocycles. The minimum absolute atomic E-state index is 0.0759. The molecule has 0 radical (unpaired) electrons. The van der Waals surface area contributed by atoms with E-state index in [2.05, 4.69) is 19.2 Å². The van der Waals surface area contributed by atoms with Gasteiger partial charge in [-0.3, -0.25) is 4.79 Å². The van der Waals surface area contributed by atoms with Crippen LogP contribution in [-0.2, 0) is 4.79 Å². The Labute approximate surface area is 111 Å². The van der Waals surface area contributed by atoms with Gasteiger partial charge in [-0.2, -0.15) is 0 Å². The molecule has 0 aromatic carbocycles. The molecule has 0 spiro atoms. The van der Waals surface area contributed by atoms with Crippen LogP contribution in [-0.4, -0.2) is 47.7 Å². The fraction of sp³-hybridized carbons (Fsp3) is 0.929. The number of hydrogen-bond acceptors (Lipinski definition) is 3. The standard InChI is InChI=1S/C14H28N2O2/c1-12(2)15-9-5-8-14(18)16(10-11-17)13-6-3-4-7-13/h12-13,15,17H,3-11H2,1-2H3. The average Bonchev–Trinajstić information content (AvgIpc) is 2.84. The highest BCUT2D eigenvalue weighted by Gasteiger charge is 2.25. The van der Waals surface area contributed by atoms with E-state index in [1.54, 1.807) is 0 Å². The molecule has 0 atom stereocenters. The summed E-state index contributed by atoms with van der Waals surface area (Å²) in [5.41, 5.74) is 0. The molecular weight excluding hydrogens is 228 g/mol. The predicted octanol–water partition coefficient (Wildman–Crippen LogP) is 1.53. The first-order valence-corrected chi connectivity index (χ1v) is 7.29. The maximum atomic E-state index is 12.2. The van der Waals surface area contributed by atoms with Gasteiger partial charge in [0.1, 0.15) is 0 Å². The van der Waals surface area contributed by atoms with E-state index in [0.29, 0.717) is 25.0 Å². The SMILES string of the molecule is CC(C)NCCCC(=O)N(CCO)C1CCCC1. The van der Waals surface area contributed by atoms with Gasteiger partial charge in [0.25, 0.3) is 0 Å². The van der Waals surface area contributed by atoms with Gasteiger partial charge in [0.15, 0.2) is 0 Å². The number of amides is 1. The van der Waals surface area contributed by atoms with E-state index < -0.39 is 0 Å². The highest BCUT2D eigenvalue weighted by molar-refractivity contribution is 5.76. The molecule has 0 aliphatic heterocycles. The summed E-state index contributed by atoms with van der Waals surface area (Å²) in [4.78, 5) is 14.1. The first-order chi connectivity index (χ1) is 8.65. The van der Waals surface area contributed by atoms with Crippen LogP contribution in [0.25, 0.3) is 0 Å². The number of aliphatic hydroxyl groups excluding tert-OH is 1. The zero-order valence-electron chi connectivity index (χ0n) is 11.8. The Morgan fingerprint density at radius 2 is 2.06 bits per heavy atom. The molecule has 106 valence electrons. The molecule has 0 bridgehead atoms. The van der Waals surface area contributed by atoms with Crippen molar-refractivity contribution < 1.29 is 9.90 Å². The maximum Gasteiger partial charge on any atom is 0.222 e. The maximum absolute atomic E-state index is 12.2. The summed E-state index contributed by atoms with van der Waals surface area (Å²) >= 11 is 0. The largest absolute Gasteiger partial charge is 0.395 e. The van der Waals surface area contributed by atoms with Crippen LogP contribution >= 0.6 is 0 Å². The van der Waals surface area contributed by atoms with E-state index in [1.165, 1.54) is 12.8 Å². The van der Waals surface area contributed by atoms with Crippen LogP contribution in [0, 0.1) is 0 Å². The number of nitrogens with zero attached hydrogens (tertiary/aromatic N) is 1. The van der Waals surface area contributed by atoms with Crippen molar-refractivity contribution in [1.82, 2.24) is 10.2 Å². The molecule has 1 aliphatic rings. The average molecular weight is 256 g/mol. The van der Waals surface area contributed by atoms with Gasteiger partial charge < -0.3 is 15.3 Å². The van der Waals surface area contributed by atoms with Gasteiger partial charge in [-0.05, 0) is 25.8 Å². The molecule has 2 N–H and O–H groups in total. The van der Waals surface area contributed by atoms with E-state index in [0.717, 1.165) is 25.8 Å². The second-order valence-electron chi connectivity index (χ2n) is 5.46. The van der Waals surface area contributed by atoms with Gasteiger partial charge in [0.05, 0.1) is 6.61 Å². The van der Waals surface area contributed by atoms with Gasteiger partial charge in [-0.25, -0.2) is 0 Å². The normalized spacial score (nSPS) is 16.4. The van der Waals surface area contributed by atoms with Crippen molar-refractivity contribution in [1.29, 1.82) is 0 Å². The lowest BCUT2D eigenvalue weighted by molar-refractivity contribution is -0.134. The molecule has 1 saturated carbocycles. The quantitative estimate of drug-likeness (QED) is 0.648. The van der Waals surface area contributed by atoms with Crippen molar-refractivity contribution in [2.75, 3.05) is 19.7 Å². The van der Waals surface area contributed by atoms with E-state index in [1.807, 2.05) is 4.90 Å². The molecule has 1 fully saturated rings. The lowest BCUT2D eigenvalue weighted by Crippen LogP contribution is -2.41. The summed E-state index contributed by atoms with van der Waals surface area (Å²) in [5.74, 6) is 0.210. The fourth-order valence-electron chi connectivity index (χ4n) is 2.61. The molecule has 4 nitrogen and oxygen atoms in total. The Bertz CT molecular complexity index is 238. The number of carbonyl (C=O) groups is 1. The summed E-state index contributed by atoms with van der Waals surface area (Å²) in [5, 5.41) is 12.4. The molecule has 1 aliphatic carbocycles. The summed E-state index contributed by atoms with van der Waals surface area (Å²) in [6, 6.07) is 0.853. The fourth-order valence-corrected chi connectivity index (χ4v) is 2.61. The molecular formula is C14H28N2O2. The molecule has 0 unspecified atom stereocenters. The number of aliphatic hydroxyl groups is 1. The Kier molecular flexibility index (Phi) is 7.28. The van der Waals surface area contributed by atoms with Crippen molar-refractivity contribution in [3.8, 4) is 0 Å². The van der Waals surface area contributed by atoms with Crippen molar-refractivity contribution in [3.05, 3.63) is 0 Å². The minimum atomic E-state index is 0.0759. The van der Waals surface area contributed by atoms with E-state index >= 15 is 0 Å². The van der Waals surface area contributed by atoms with Crippen LogP contribution in [0.5, 0.6) is 0 Å². The number of hydrogen-bond donors (Lipinski definition) is 2. The number of nitrogens with one attached hydrogen (secondary N) is 1. The van der Waals surface area contributed by atoms with Crippen molar-refractivity contribution in [2.24, 2.45) is 0 Å². The first-order valence-electron chi connectivity index (χ1n) is 7.29. The first kappa shape index (κ1) is 15.4. The zero-order valence-corrected chi connectivity index (χ0v) is 11.8. The Balaban J connectivity index is 2.30. The topological polar surface area (TPSA) is 52.6 Å². The summed E-state index contributed by atoms with van der Waals surface area (Å²) in [7, 11) is 0. The van der Waals surface area contributed by atoms with E-state index in [-0.39, 0.29) is 12.5 Å². The van der Waals surface area contributed by atoms with Gasteiger partial charge in [0, 0.05) is 25.0 Å². The Morgan fingerprint density at radius 1 is 1.39 bits per heavy atom. The van der Waals surface area contributed by atoms with Gasteiger partial charge in [-0.1, -0.05) is 26.7 Å². The van der Waals surface area contributed by atoms with Gasteiger partial charge in [0.2, 0.25) is 5.91 Å². The molecule has 0 saturated heterocycles. The van der Waals surface area contributed by atoms with Crippen molar-refractivity contribution in [2.45, 2.75) is 64.5 Å². The van der Waals surface area contributed by atoms with E-state index in [4.69, 9.17) is 5.11 Å². The summed E-state index contributed by atoms with van der Waals surface area (Å²) in [6.07, 6.45) is 6.12. The minimum Gasteiger partial charge on any atom is -0.395 e. The molecule has 0 aromatic heterocycles. The second kappa shape index (κ2) is 8.48. The van der Waals surface area contributed by atoms with Crippen LogP contribution < -0.4 is 5.32 Å². The number of rotatable bonds is 8. The highest BCUT2D eigenvalue weighted by Crippen LogP contribution is 2.23. The van der Waals surface area contributed by atoms with E-state index in [9.17, 15) is 4.79 Å². The monoisotopic (exact) mass is 256 g/mol. The van der Waals surface area contributed by atoms with Crippen molar-refractivity contribution >= 4 is 5.91 Å². The Hall–Kier alpha value is -0.610. The smallest absolute Gasteiger partial charge is 0.222 e. The van der Waals surface area contributed by atoms with Crippen LogP contribution in [0.2, 0.25) is 0 Å². The zero-order chi connectivity index (χ0) is 13.4. The molecule has 18 heavy (non-hydrogen) atoms. The van der Waals surface area contributed by atoms with Crippen LogP contribution in [0.15, 0.2) is 0 Å². The molecule has 0 aromatic rings. The highest BCUT2D eigenvalue weighted by atomic mass is 16.3. The molecule has 4 heteroatoms. The Morgan fingerprint density at radius 3 is 2.61 bits per heavy atom. The number of carbonyl (C=O) groups excluding carboxylic acids is 1. The predicted molar refractivity (Wildman–Crippen MR) is 73.4 cm³/mol. The molecule has 1 rings (SSSR count). The summed E-state index contributed by atoms with van der Waals surface area (Å²) < 4.78 is 0. The van der Waals surface area contributed by atoms with Crippen LogP contribution in [0.3, 0.4) is 0 Å². The van der Waals surface area contributed by atoms with Gasteiger partial charge in [-0.15, -0.1) is 0 Å². The third-order valence-electron chi connectivity index (χ3n) is 3.55. The second-order valence-corrected chi connectivity index (χ2v) is 5.46. The summed E-state index contributed by atoms with van der Waals surface area (Å²) in [6.45, 7) is 5.69. The lowest BCUT2D eigenvalue weighted by Gasteiger charge is -2.28. The third kappa shape index (κ3) is 5.36.